The number of rotatable bonds is 9. The predicted molar refractivity (Wildman–Crippen MR) is 61.3 cm³/mol. The molecule has 0 aromatic heterocycles. The summed E-state index contributed by atoms with van der Waals surface area (Å²) in [6, 6.07) is 0. The lowest BCUT2D eigenvalue weighted by atomic mass is 10.1. The van der Waals surface area contributed by atoms with E-state index in [0.717, 1.165) is 6.42 Å². The third-order valence-electron chi connectivity index (χ3n) is 1.91. The lowest BCUT2D eigenvalue weighted by molar-refractivity contribution is -0.538. The van der Waals surface area contributed by atoms with Crippen LogP contribution in [0.15, 0.2) is 0 Å². The van der Waals surface area contributed by atoms with Crippen molar-refractivity contribution in [3.8, 4) is 0 Å². The van der Waals surface area contributed by atoms with Crippen molar-refractivity contribution in [2.24, 2.45) is 0 Å². The Morgan fingerprint density at radius 2 is 1.47 bits per heavy atom. The van der Waals surface area contributed by atoms with Crippen molar-refractivity contribution in [1.29, 1.82) is 0 Å². The molecule has 0 aliphatic rings. The van der Waals surface area contributed by atoms with E-state index < -0.39 is 0 Å². The first kappa shape index (κ1) is 14.9. The molecule has 3 nitrogen and oxygen atoms in total. The van der Waals surface area contributed by atoms with E-state index in [1.165, 1.54) is 32.1 Å². The first-order chi connectivity index (χ1) is 7.06. The van der Waals surface area contributed by atoms with Crippen LogP contribution in [0.5, 0.6) is 0 Å². The molecule has 0 unspecified atom stereocenters. The normalized spacial score (nSPS) is 12.0. The fraction of sp³-hybridized carbons (Fsp3) is 1.00. The summed E-state index contributed by atoms with van der Waals surface area (Å²) in [7, 11) is 0. The first-order valence-corrected chi connectivity index (χ1v) is 6.03. The zero-order chi connectivity index (χ0) is 11.6. The van der Waals surface area contributed by atoms with E-state index in [-0.39, 0.29) is 5.60 Å². The molecule has 0 atom stereocenters. The fourth-order valence-corrected chi connectivity index (χ4v) is 1.10. The molecule has 92 valence electrons. The maximum Gasteiger partial charge on any atom is 0.0983 e. The zero-order valence-corrected chi connectivity index (χ0v) is 10.7. The lowest BCUT2D eigenvalue weighted by Crippen LogP contribution is -2.19. The van der Waals surface area contributed by atoms with Crippen LogP contribution in [0.2, 0.25) is 0 Å². The van der Waals surface area contributed by atoms with Gasteiger partial charge in [-0.15, -0.1) is 0 Å². The van der Waals surface area contributed by atoms with Gasteiger partial charge >= 0.3 is 0 Å². The van der Waals surface area contributed by atoms with Gasteiger partial charge in [-0.05, 0) is 27.2 Å². The molecule has 0 N–H and O–H groups in total. The lowest BCUT2D eigenvalue weighted by Gasteiger charge is -2.15. The molecule has 15 heavy (non-hydrogen) atoms. The molecule has 0 aliphatic heterocycles. The summed E-state index contributed by atoms with van der Waals surface area (Å²) in [5.74, 6) is 0. The molecule has 0 saturated carbocycles. The van der Waals surface area contributed by atoms with Crippen LogP contribution in [-0.2, 0) is 14.8 Å². The molecule has 0 radical (unpaired) electrons. The fourth-order valence-electron chi connectivity index (χ4n) is 1.10. The number of hydrogen-bond acceptors (Lipinski definition) is 3. The van der Waals surface area contributed by atoms with Gasteiger partial charge in [0.25, 0.3) is 0 Å². The summed E-state index contributed by atoms with van der Waals surface area (Å²) in [5, 5.41) is 4.63. The van der Waals surface area contributed by atoms with Crippen molar-refractivity contribution in [3.63, 3.8) is 0 Å². The van der Waals surface area contributed by atoms with Crippen molar-refractivity contribution in [1.82, 2.24) is 0 Å². The Balaban J connectivity index is 2.99. The van der Waals surface area contributed by atoms with Crippen LogP contribution in [0.3, 0.4) is 0 Å². The highest BCUT2D eigenvalue weighted by Gasteiger charge is 2.11. The molecule has 0 spiro atoms. The van der Waals surface area contributed by atoms with Gasteiger partial charge in [0.2, 0.25) is 0 Å². The highest BCUT2D eigenvalue weighted by molar-refractivity contribution is 4.53. The Morgan fingerprint density at radius 3 is 2.07 bits per heavy atom. The third kappa shape index (κ3) is 13.9. The quantitative estimate of drug-likeness (QED) is 0.332. The summed E-state index contributed by atoms with van der Waals surface area (Å²) in [6.45, 7) is 8.59. The van der Waals surface area contributed by atoms with Crippen LogP contribution in [-0.4, -0.2) is 12.2 Å². The molecule has 0 bridgehead atoms. The van der Waals surface area contributed by atoms with Gasteiger partial charge in [-0.3, -0.25) is 0 Å². The largest absolute Gasteiger partial charge is 0.206 e. The van der Waals surface area contributed by atoms with Gasteiger partial charge in [-0.2, -0.15) is 0 Å². The highest BCUT2D eigenvalue weighted by atomic mass is 17.5. The molecule has 0 aliphatic carbocycles. The summed E-state index contributed by atoms with van der Waals surface area (Å²) in [5.41, 5.74) is -0.304. The molecule has 0 aromatic rings. The highest BCUT2D eigenvalue weighted by Crippen LogP contribution is 2.08. The van der Waals surface area contributed by atoms with E-state index in [1.807, 2.05) is 20.8 Å². The zero-order valence-electron chi connectivity index (χ0n) is 10.7. The Morgan fingerprint density at radius 1 is 0.867 bits per heavy atom. The molecule has 0 aromatic carbocycles. The molecule has 3 heteroatoms. The average Bonchev–Trinajstić information content (AvgIpc) is 2.14. The standard InChI is InChI=1S/C12H26O3/c1-5-6-7-8-9-10-11-13-15-14-12(2,3)4/h5-11H2,1-4H3. The van der Waals surface area contributed by atoms with E-state index in [0.29, 0.717) is 6.61 Å². The smallest absolute Gasteiger partial charge is 0.0983 e. The van der Waals surface area contributed by atoms with Gasteiger partial charge in [-0.25, -0.2) is 9.78 Å². The summed E-state index contributed by atoms with van der Waals surface area (Å²) >= 11 is 0. The van der Waals surface area contributed by atoms with Crippen LogP contribution in [0, 0.1) is 0 Å². The van der Waals surface area contributed by atoms with Crippen LogP contribution in [0.4, 0.5) is 0 Å². The van der Waals surface area contributed by atoms with Crippen molar-refractivity contribution in [3.05, 3.63) is 0 Å². The second-order valence-corrected chi connectivity index (χ2v) is 4.85. The van der Waals surface area contributed by atoms with E-state index in [4.69, 9.17) is 9.78 Å². The first-order valence-electron chi connectivity index (χ1n) is 6.03. The minimum atomic E-state index is -0.304. The van der Waals surface area contributed by atoms with Gasteiger partial charge in [0.15, 0.2) is 0 Å². The van der Waals surface area contributed by atoms with Gasteiger partial charge in [0.05, 0.1) is 12.2 Å². The Labute approximate surface area is 94.0 Å². The molecular weight excluding hydrogens is 192 g/mol. The third-order valence-corrected chi connectivity index (χ3v) is 1.91. The van der Waals surface area contributed by atoms with Crippen molar-refractivity contribution in [2.45, 2.75) is 71.8 Å². The van der Waals surface area contributed by atoms with E-state index in [9.17, 15) is 0 Å². The van der Waals surface area contributed by atoms with Crippen LogP contribution < -0.4 is 0 Å². The van der Waals surface area contributed by atoms with Crippen LogP contribution in [0.25, 0.3) is 0 Å². The summed E-state index contributed by atoms with van der Waals surface area (Å²) in [4.78, 5) is 9.85. The summed E-state index contributed by atoms with van der Waals surface area (Å²) in [6.07, 6.45) is 7.49. The van der Waals surface area contributed by atoms with E-state index >= 15 is 0 Å². The molecular formula is C12H26O3. The maximum atomic E-state index is 4.95. The van der Waals surface area contributed by atoms with Gasteiger partial charge in [0, 0.05) is 0 Å². The van der Waals surface area contributed by atoms with Crippen molar-refractivity contribution in [2.75, 3.05) is 6.61 Å². The minimum absolute atomic E-state index is 0.304. The van der Waals surface area contributed by atoms with Crippen LogP contribution >= 0.6 is 0 Å². The van der Waals surface area contributed by atoms with Crippen molar-refractivity contribution < 1.29 is 14.8 Å². The minimum Gasteiger partial charge on any atom is -0.206 e. The Bertz CT molecular complexity index is 129. The predicted octanol–water partition coefficient (Wildman–Crippen LogP) is 4.03. The topological polar surface area (TPSA) is 27.7 Å². The molecule has 0 heterocycles. The van der Waals surface area contributed by atoms with Gasteiger partial charge in [0.1, 0.15) is 0 Å². The van der Waals surface area contributed by atoms with E-state index in [1.54, 1.807) is 0 Å². The number of unbranched alkanes of at least 4 members (excludes halogenated alkanes) is 5. The second-order valence-electron chi connectivity index (χ2n) is 4.85. The van der Waals surface area contributed by atoms with Crippen LogP contribution in [0.1, 0.15) is 66.2 Å². The van der Waals surface area contributed by atoms with Crippen molar-refractivity contribution >= 4 is 0 Å². The van der Waals surface area contributed by atoms with E-state index in [2.05, 4.69) is 12.0 Å². The number of hydrogen-bond donors (Lipinski definition) is 0. The monoisotopic (exact) mass is 218 g/mol. The molecule has 0 rings (SSSR count). The Kier molecular flexibility index (Phi) is 9.06. The maximum absolute atomic E-state index is 4.95. The molecule has 0 saturated heterocycles. The average molecular weight is 218 g/mol. The molecule has 0 fully saturated rings. The summed E-state index contributed by atoms with van der Waals surface area (Å²) < 4.78 is 0. The van der Waals surface area contributed by atoms with Gasteiger partial charge < -0.3 is 0 Å². The SMILES string of the molecule is CCCCCCCCOOOC(C)(C)C. The molecule has 0 amide bonds. The Hall–Kier alpha value is -0.120. The van der Waals surface area contributed by atoms with Gasteiger partial charge in [-0.1, -0.05) is 44.1 Å². The second kappa shape index (κ2) is 9.13.